The topological polar surface area (TPSA) is 58.6 Å². The highest BCUT2D eigenvalue weighted by atomic mass is 35.5. The van der Waals surface area contributed by atoms with Gasteiger partial charge in [-0.1, -0.05) is 24.6 Å². The highest BCUT2D eigenvalue weighted by Crippen LogP contribution is 2.21. The number of carboxylic acids is 1. The van der Waals surface area contributed by atoms with Crippen LogP contribution in [0, 0.1) is 5.92 Å². The first-order valence-electron chi connectivity index (χ1n) is 8.39. The van der Waals surface area contributed by atoms with E-state index in [4.69, 9.17) is 9.84 Å². The molecule has 5 heteroatoms. The van der Waals surface area contributed by atoms with Gasteiger partial charge in [-0.25, -0.2) is 0 Å². The van der Waals surface area contributed by atoms with Crippen molar-refractivity contribution in [2.45, 2.75) is 44.9 Å². The standard InChI is InChI=1S/C18H27NO3.ClH/c20-18(21)9-8-16-6-1-2-7-17(16)22-14-4-3-5-15-10-12-19-13-11-15;/h1-2,6-7,15,19H,3-5,8-14H2,(H,20,21);1H. The van der Waals surface area contributed by atoms with Crippen molar-refractivity contribution in [2.75, 3.05) is 19.7 Å². The zero-order valence-electron chi connectivity index (χ0n) is 13.6. The van der Waals surface area contributed by atoms with Crippen molar-refractivity contribution < 1.29 is 14.6 Å². The van der Waals surface area contributed by atoms with Crippen LogP contribution in [0.3, 0.4) is 0 Å². The Balaban J connectivity index is 0.00000264. The maximum absolute atomic E-state index is 10.7. The summed E-state index contributed by atoms with van der Waals surface area (Å²) in [6.07, 6.45) is 6.86. The Labute approximate surface area is 145 Å². The highest BCUT2D eigenvalue weighted by Gasteiger charge is 2.12. The van der Waals surface area contributed by atoms with Crippen LogP contribution in [-0.2, 0) is 11.2 Å². The quantitative estimate of drug-likeness (QED) is 0.673. The number of unbranched alkanes of at least 4 members (excludes halogenated alkanes) is 1. The number of carbonyl (C=O) groups is 1. The minimum Gasteiger partial charge on any atom is -0.493 e. The van der Waals surface area contributed by atoms with Gasteiger partial charge in [0.1, 0.15) is 5.75 Å². The van der Waals surface area contributed by atoms with Gasteiger partial charge in [-0.3, -0.25) is 4.79 Å². The number of halogens is 1. The number of benzene rings is 1. The number of hydrogen-bond acceptors (Lipinski definition) is 3. The number of nitrogens with one attached hydrogen (secondary N) is 1. The van der Waals surface area contributed by atoms with Gasteiger partial charge in [0.25, 0.3) is 0 Å². The van der Waals surface area contributed by atoms with Crippen molar-refractivity contribution in [2.24, 2.45) is 5.92 Å². The summed E-state index contributed by atoms with van der Waals surface area (Å²) in [6, 6.07) is 7.76. The lowest BCUT2D eigenvalue weighted by Gasteiger charge is -2.22. The first-order chi connectivity index (χ1) is 10.8. The minimum absolute atomic E-state index is 0. The smallest absolute Gasteiger partial charge is 0.303 e. The minimum atomic E-state index is -0.767. The van der Waals surface area contributed by atoms with E-state index in [0.717, 1.165) is 43.3 Å². The molecule has 2 N–H and O–H groups in total. The Morgan fingerprint density at radius 2 is 1.96 bits per heavy atom. The lowest BCUT2D eigenvalue weighted by atomic mass is 9.93. The monoisotopic (exact) mass is 341 g/mol. The molecule has 1 aliphatic rings. The van der Waals surface area contributed by atoms with E-state index in [0.29, 0.717) is 6.42 Å². The maximum atomic E-state index is 10.7. The molecule has 0 aromatic heterocycles. The van der Waals surface area contributed by atoms with E-state index in [1.54, 1.807) is 0 Å². The van der Waals surface area contributed by atoms with Crippen LogP contribution in [0.1, 0.15) is 44.1 Å². The predicted octanol–water partition coefficient (Wildman–Crippen LogP) is 3.67. The second-order valence-corrected chi connectivity index (χ2v) is 6.04. The Morgan fingerprint density at radius 1 is 1.22 bits per heavy atom. The van der Waals surface area contributed by atoms with Crippen molar-refractivity contribution in [3.05, 3.63) is 29.8 Å². The van der Waals surface area contributed by atoms with Crippen molar-refractivity contribution >= 4 is 18.4 Å². The van der Waals surface area contributed by atoms with Crippen molar-refractivity contribution in [1.29, 1.82) is 0 Å². The fourth-order valence-corrected chi connectivity index (χ4v) is 2.98. The molecule has 0 radical (unpaired) electrons. The molecule has 2 rings (SSSR count). The Bertz CT molecular complexity index is 461. The summed E-state index contributed by atoms with van der Waals surface area (Å²) in [5.74, 6) is 0.950. The summed E-state index contributed by atoms with van der Waals surface area (Å²) in [6.45, 7) is 3.05. The second-order valence-electron chi connectivity index (χ2n) is 6.04. The lowest BCUT2D eigenvalue weighted by molar-refractivity contribution is -0.136. The average molecular weight is 342 g/mol. The number of aliphatic carboxylic acids is 1. The molecular formula is C18H28ClNO3. The SMILES string of the molecule is Cl.O=C(O)CCc1ccccc1OCCCCC1CCNCC1. The summed E-state index contributed by atoms with van der Waals surface area (Å²) in [4.78, 5) is 10.7. The van der Waals surface area contributed by atoms with Gasteiger partial charge in [0, 0.05) is 6.42 Å². The van der Waals surface area contributed by atoms with Gasteiger partial charge in [0.05, 0.1) is 6.61 Å². The van der Waals surface area contributed by atoms with Crippen LogP contribution in [0.4, 0.5) is 0 Å². The van der Waals surface area contributed by atoms with E-state index in [9.17, 15) is 4.79 Å². The van der Waals surface area contributed by atoms with Crippen LogP contribution < -0.4 is 10.1 Å². The van der Waals surface area contributed by atoms with Crippen LogP contribution in [0.5, 0.6) is 5.75 Å². The van der Waals surface area contributed by atoms with Gasteiger partial charge in [-0.15, -0.1) is 12.4 Å². The van der Waals surface area contributed by atoms with Crippen LogP contribution in [0.25, 0.3) is 0 Å². The number of rotatable bonds is 9. The number of aryl methyl sites for hydroxylation is 1. The summed E-state index contributed by atoms with van der Waals surface area (Å²) in [7, 11) is 0. The fourth-order valence-electron chi connectivity index (χ4n) is 2.98. The van der Waals surface area contributed by atoms with E-state index in [2.05, 4.69) is 5.32 Å². The zero-order chi connectivity index (χ0) is 15.6. The fraction of sp³-hybridized carbons (Fsp3) is 0.611. The third kappa shape index (κ3) is 7.71. The third-order valence-corrected chi connectivity index (χ3v) is 4.30. The number of carboxylic acid groups (broad SMARTS) is 1. The van der Waals surface area contributed by atoms with Crippen LogP contribution >= 0.6 is 12.4 Å². The Kier molecular flexibility index (Phi) is 9.72. The van der Waals surface area contributed by atoms with Crippen LogP contribution in [-0.4, -0.2) is 30.8 Å². The molecule has 0 spiro atoms. The molecule has 0 unspecified atom stereocenters. The van der Waals surface area contributed by atoms with E-state index >= 15 is 0 Å². The van der Waals surface area contributed by atoms with Crippen molar-refractivity contribution in [3.8, 4) is 5.75 Å². The molecule has 23 heavy (non-hydrogen) atoms. The van der Waals surface area contributed by atoms with Crippen LogP contribution in [0.15, 0.2) is 24.3 Å². The molecule has 1 fully saturated rings. The zero-order valence-corrected chi connectivity index (χ0v) is 14.4. The maximum Gasteiger partial charge on any atom is 0.303 e. The highest BCUT2D eigenvalue weighted by molar-refractivity contribution is 5.85. The molecule has 1 saturated heterocycles. The molecule has 1 aromatic carbocycles. The molecule has 1 aromatic rings. The van der Waals surface area contributed by atoms with Gasteiger partial charge in [-0.2, -0.15) is 0 Å². The molecule has 130 valence electrons. The van der Waals surface area contributed by atoms with E-state index in [1.807, 2.05) is 24.3 Å². The van der Waals surface area contributed by atoms with Crippen LogP contribution in [0.2, 0.25) is 0 Å². The van der Waals surface area contributed by atoms with Gasteiger partial charge in [0.2, 0.25) is 0 Å². The van der Waals surface area contributed by atoms with E-state index in [-0.39, 0.29) is 18.8 Å². The summed E-state index contributed by atoms with van der Waals surface area (Å²) in [5.41, 5.74) is 0.989. The van der Waals surface area contributed by atoms with Crippen molar-refractivity contribution in [1.82, 2.24) is 5.32 Å². The van der Waals surface area contributed by atoms with Gasteiger partial charge < -0.3 is 15.2 Å². The molecule has 0 bridgehead atoms. The predicted molar refractivity (Wildman–Crippen MR) is 94.6 cm³/mol. The number of hydrogen-bond donors (Lipinski definition) is 2. The first kappa shape index (κ1) is 19.8. The lowest BCUT2D eigenvalue weighted by Crippen LogP contribution is -2.27. The molecule has 4 nitrogen and oxygen atoms in total. The molecule has 0 saturated carbocycles. The molecule has 0 atom stereocenters. The van der Waals surface area contributed by atoms with Gasteiger partial charge in [0.15, 0.2) is 0 Å². The Hall–Kier alpha value is -1.26. The number of para-hydroxylation sites is 1. The van der Waals surface area contributed by atoms with E-state index < -0.39 is 5.97 Å². The average Bonchev–Trinajstić information content (AvgIpc) is 2.54. The summed E-state index contributed by atoms with van der Waals surface area (Å²) in [5, 5.41) is 12.2. The third-order valence-electron chi connectivity index (χ3n) is 4.30. The number of piperidine rings is 1. The van der Waals surface area contributed by atoms with Gasteiger partial charge in [-0.05, 0) is 62.7 Å². The normalized spacial score (nSPS) is 15.0. The summed E-state index contributed by atoms with van der Waals surface area (Å²) >= 11 is 0. The molecular weight excluding hydrogens is 314 g/mol. The molecule has 1 aliphatic heterocycles. The van der Waals surface area contributed by atoms with E-state index in [1.165, 1.54) is 25.7 Å². The molecule has 0 amide bonds. The summed E-state index contributed by atoms with van der Waals surface area (Å²) < 4.78 is 5.85. The van der Waals surface area contributed by atoms with Crippen molar-refractivity contribution in [3.63, 3.8) is 0 Å². The largest absolute Gasteiger partial charge is 0.493 e. The molecule has 1 heterocycles. The number of ether oxygens (including phenoxy) is 1. The Morgan fingerprint density at radius 3 is 2.70 bits per heavy atom. The van der Waals surface area contributed by atoms with Gasteiger partial charge >= 0.3 is 5.97 Å². The first-order valence-corrected chi connectivity index (χ1v) is 8.39. The molecule has 0 aliphatic carbocycles. The second kappa shape index (κ2) is 11.3.